The molecule has 0 aromatic heterocycles. The van der Waals surface area contributed by atoms with E-state index >= 15 is 0 Å². The quantitative estimate of drug-likeness (QED) is 0.625. The van der Waals surface area contributed by atoms with Crippen molar-refractivity contribution >= 4 is 0 Å². The van der Waals surface area contributed by atoms with Crippen molar-refractivity contribution in [2.75, 3.05) is 0 Å². The summed E-state index contributed by atoms with van der Waals surface area (Å²) in [6, 6.07) is 0. The molecule has 1 atom stereocenters. The zero-order chi connectivity index (χ0) is 8.36. The van der Waals surface area contributed by atoms with Crippen molar-refractivity contribution in [2.24, 2.45) is 5.92 Å². The number of halogens is 4. The Hall–Kier alpha value is -0.320. The van der Waals surface area contributed by atoms with Crippen LogP contribution in [0.5, 0.6) is 0 Å². The van der Waals surface area contributed by atoms with Gasteiger partial charge in [-0.05, 0) is 6.42 Å². The molecule has 1 unspecified atom stereocenters. The van der Waals surface area contributed by atoms with Crippen molar-refractivity contribution in [3.63, 3.8) is 0 Å². The van der Waals surface area contributed by atoms with Crippen molar-refractivity contribution in [1.29, 1.82) is 0 Å². The van der Waals surface area contributed by atoms with E-state index in [9.17, 15) is 17.6 Å². The van der Waals surface area contributed by atoms with E-state index in [0.29, 0.717) is 0 Å². The van der Waals surface area contributed by atoms with Crippen LogP contribution in [-0.2, 0) is 0 Å². The van der Waals surface area contributed by atoms with Crippen molar-refractivity contribution in [2.45, 2.75) is 25.9 Å². The molecule has 0 amide bonds. The summed E-state index contributed by atoms with van der Waals surface area (Å²) in [4.78, 5) is 0. The Morgan fingerprint density at radius 2 is 1.80 bits per heavy atom. The number of alkyl halides is 4. The van der Waals surface area contributed by atoms with E-state index in [-0.39, 0.29) is 0 Å². The van der Waals surface area contributed by atoms with E-state index in [1.807, 2.05) is 0 Å². The highest BCUT2D eigenvalue weighted by Gasteiger charge is 2.42. The number of rotatable bonds is 3. The van der Waals surface area contributed by atoms with Gasteiger partial charge < -0.3 is 5.11 Å². The number of hydrogen-bond acceptors (Lipinski definition) is 1. The van der Waals surface area contributed by atoms with Crippen LogP contribution >= 0.6 is 0 Å². The third kappa shape index (κ3) is 2.51. The van der Waals surface area contributed by atoms with Gasteiger partial charge in [-0.25, -0.2) is 8.78 Å². The summed E-state index contributed by atoms with van der Waals surface area (Å²) in [6.07, 6.45) is -7.88. The fraction of sp³-hybridized carbons (Fsp3) is 1.00. The molecule has 0 rings (SSSR count). The molecule has 0 aromatic rings. The first-order valence-corrected chi connectivity index (χ1v) is 2.78. The van der Waals surface area contributed by atoms with E-state index in [0.717, 1.165) is 0 Å². The summed E-state index contributed by atoms with van der Waals surface area (Å²) in [5.74, 6) is -2.24. The molecule has 10 heavy (non-hydrogen) atoms. The fourth-order valence-electron chi connectivity index (χ4n) is 0.575. The summed E-state index contributed by atoms with van der Waals surface area (Å²) in [5, 5.41) is 7.83. The van der Waals surface area contributed by atoms with Gasteiger partial charge in [0.2, 0.25) is 6.43 Å². The Bertz CT molecular complexity index is 98.3. The average molecular weight is 160 g/mol. The second-order valence-electron chi connectivity index (χ2n) is 1.94. The van der Waals surface area contributed by atoms with E-state index in [1.165, 1.54) is 6.92 Å². The average Bonchev–Trinajstić information content (AvgIpc) is 1.60. The largest absolute Gasteiger partial charge is 0.361 e. The lowest BCUT2D eigenvalue weighted by atomic mass is 10.1. The Balaban J connectivity index is 4.07. The van der Waals surface area contributed by atoms with E-state index in [2.05, 4.69) is 0 Å². The molecule has 0 saturated heterocycles. The molecule has 0 radical (unpaired) electrons. The molecule has 0 aromatic carbocycles. The van der Waals surface area contributed by atoms with Crippen LogP contribution in [0.3, 0.4) is 0 Å². The molecule has 5 heteroatoms. The molecule has 62 valence electrons. The maximum absolute atomic E-state index is 11.7. The van der Waals surface area contributed by atoms with E-state index in [4.69, 9.17) is 5.11 Å². The molecule has 0 heterocycles. The third-order valence-electron chi connectivity index (χ3n) is 1.19. The van der Waals surface area contributed by atoms with Gasteiger partial charge in [0.05, 0.1) is 0 Å². The van der Waals surface area contributed by atoms with Gasteiger partial charge in [-0.2, -0.15) is 8.78 Å². The minimum absolute atomic E-state index is 0.443. The SMILES string of the molecule is CCC(C(F)F)C(O)(F)F. The Kier molecular flexibility index (Phi) is 3.08. The fourth-order valence-corrected chi connectivity index (χ4v) is 0.575. The maximum atomic E-state index is 11.7. The minimum Gasteiger partial charge on any atom is -0.336 e. The maximum Gasteiger partial charge on any atom is 0.361 e. The van der Waals surface area contributed by atoms with Crippen LogP contribution in [-0.4, -0.2) is 17.6 Å². The van der Waals surface area contributed by atoms with Gasteiger partial charge in [0.15, 0.2) is 0 Å². The second-order valence-corrected chi connectivity index (χ2v) is 1.94. The normalized spacial score (nSPS) is 15.9. The van der Waals surface area contributed by atoms with Gasteiger partial charge in [0.25, 0.3) is 0 Å². The summed E-state index contributed by atoms with van der Waals surface area (Å²) >= 11 is 0. The highest BCUT2D eigenvalue weighted by Crippen LogP contribution is 2.29. The van der Waals surface area contributed by atoms with Gasteiger partial charge >= 0.3 is 6.11 Å². The first-order chi connectivity index (χ1) is 4.39. The van der Waals surface area contributed by atoms with Crippen LogP contribution in [0.1, 0.15) is 13.3 Å². The van der Waals surface area contributed by atoms with E-state index in [1.54, 1.807) is 0 Å². The van der Waals surface area contributed by atoms with Crippen LogP contribution in [0.2, 0.25) is 0 Å². The smallest absolute Gasteiger partial charge is 0.336 e. The van der Waals surface area contributed by atoms with Gasteiger partial charge in [-0.1, -0.05) is 6.92 Å². The van der Waals surface area contributed by atoms with Crippen LogP contribution in [0, 0.1) is 5.92 Å². The molecular formula is C5H8F4O. The summed E-state index contributed by atoms with van der Waals surface area (Å²) in [5.41, 5.74) is 0. The lowest BCUT2D eigenvalue weighted by molar-refractivity contribution is -0.261. The Morgan fingerprint density at radius 1 is 1.40 bits per heavy atom. The summed E-state index contributed by atoms with van der Waals surface area (Å²) in [7, 11) is 0. The lowest BCUT2D eigenvalue weighted by Gasteiger charge is -2.18. The molecule has 1 nitrogen and oxygen atoms in total. The van der Waals surface area contributed by atoms with Crippen molar-refractivity contribution in [3.8, 4) is 0 Å². The molecule has 0 fully saturated rings. The molecular weight excluding hydrogens is 152 g/mol. The van der Waals surface area contributed by atoms with Crippen LogP contribution in [0.25, 0.3) is 0 Å². The molecule has 0 aliphatic rings. The van der Waals surface area contributed by atoms with Crippen molar-refractivity contribution in [3.05, 3.63) is 0 Å². The van der Waals surface area contributed by atoms with Crippen LogP contribution < -0.4 is 0 Å². The van der Waals surface area contributed by atoms with Gasteiger partial charge in [-0.15, -0.1) is 0 Å². The van der Waals surface area contributed by atoms with Gasteiger partial charge in [0.1, 0.15) is 5.92 Å². The van der Waals surface area contributed by atoms with E-state index < -0.39 is 24.9 Å². The van der Waals surface area contributed by atoms with Gasteiger partial charge in [0, 0.05) is 0 Å². The number of aliphatic hydroxyl groups is 1. The van der Waals surface area contributed by atoms with Crippen molar-refractivity contribution in [1.82, 2.24) is 0 Å². The molecule has 0 bridgehead atoms. The van der Waals surface area contributed by atoms with Crippen LogP contribution in [0.15, 0.2) is 0 Å². The third-order valence-corrected chi connectivity index (χ3v) is 1.19. The first kappa shape index (κ1) is 9.68. The standard InChI is InChI=1S/C5H8F4O/c1-2-3(4(6)7)5(8,9)10/h3-4,10H,2H2,1H3. The molecule has 0 aliphatic heterocycles. The van der Waals surface area contributed by atoms with Gasteiger partial charge in [-0.3, -0.25) is 0 Å². The molecule has 0 saturated carbocycles. The van der Waals surface area contributed by atoms with Crippen molar-refractivity contribution < 1.29 is 22.7 Å². The first-order valence-electron chi connectivity index (χ1n) is 2.78. The topological polar surface area (TPSA) is 20.2 Å². The summed E-state index contributed by atoms with van der Waals surface area (Å²) < 4.78 is 46.5. The summed E-state index contributed by atoms with van der Waals surface area (Å²) in [6.45, 7) is 1.17. The highest BCUT2D eigenvalue weighted by molar-refractivity contribution is 4.66. The molecule has 1 N–H and O–H groups in total. The Labute approximate surface area is 55.7 Å². The molecule has 0 aliphatic carbocycles. The number of hydrogen-bond donors (Lipinski definition) is 1. The minimum atomic E-state index is -4.26. The lowest BCUT2D eigenvalue weighted by Crippen LogP contribution is -2.32. The predicted octanol–water partition coefficient (Wildman–Crippen LogP) is 1.86. The molecule has 0 spiro atoms. The predicted molar refractivity (Wildman–Crippen MR) is 27.0 cm³/mol. The zero-order valence-corrected chi connectivity index (χ0v) is 5.32. The monoisotopic (exact) mass is 160 g/mol. The second kappa shape index (κ2) is 3.18. The van der Waals surface area contributed by atoms with Crippen LogP contribution in [0.4, 0.5) is 17.6 Å². The zero-order valence-electron chi connectivity index (χ0n) is 5.32. The highest BCUT2D eigenvalue weighted by atomic mass is 19.3. The Morgan fingerprint density at radius 3 is 1.80 bits per heavy atom.